The minimum atomic E-state index is -1.02. The molecule has 0 aliphatic carbocycles. The molecule has 5 heteroatoms. The van der Waals surface area contributed by atoms with Crippen LogP contribution in [0.15, 0.2) is 84.9 Å². The third-order valence-corrected chi connectivity index (χ3v) is 4.14. The zero-order chi connectivity index (χ0) is 19.9. The van der Waals surface area contributed by atoms with Crippen molar-refractivity contribution in [2.75, 3.05) is 0 Å². The molecule has 3 aromatic rings. The smallest absolute Gasteiger partial charge is 0.338 e. The van der Waals surface area contributed by atoms with Gasteiger partial charge in [0.25, 0.3) is 0 Å². The summed E-state index contributed by atoms with van der Waals surface area (Å²) in [5, 5.41) is 10.8. The zero-order valence-corrected chi connectivity index (χ0v) is 15.3. The van der Waals surface area contributed by atoms with Crippen molar-refractivity contribution >= 4 is 11.9 Å². The average Bonchev–Trinajstić information content (AvgIpc) is 2.73. The van der Waals surface area contributed by atoms with Gasteiger partial charge in [-0.1, -0.05) is 60.7 Å². The van der Waals surface area contributed by atoms with Gasteiger partial charge in [0.2, 0.25) is 0 Å². The molecule has 0 aliphatic heterocycles. The minimum absolute atomic E-state index is 0.289. The number of hydrogen-bond acceptors (Lipinski definition) is 5. The highest BCUT2D eigenvalue weighted by atomic mass is 16.6. The molecule has 0 fully saturated rings. The number of ether oxygens (including phenoxy) is 2. The number of carbonyl (C=O) groups is 2. The first-order chi connectivity index (χ1) is 13.5. The Kier molecular flexibility index (Phi) is 6.19. The molecule has 28 heavy (non-hydrogen) atoms. The van der Waals surface area contributed by atoms with Gasteiger partial charge in [0.1, 0.15) is 11.9 Å². The van der Waals surface area contributed by atoms with Crippen LogP contribution in [0.2, 0.25) is 0 Å². The van der Waals surface area contributed by atoms with Gasteiger partial charge in [0.15, 0.2) is 6.10 Å². The fourth-order valence-corrected chi connectivity index (χ4v) is 2.79. The van der Waals surface area contributed by atoms with E-state index in [1.165, 1.54) is 31.2 Å². The van der Waals surface area contributed by atoms with Crippen LogP contribution in [-0.4, -0.2) is 17.0 Å². The van der Waals surface area contributed by atoms with Gasteiger partial charge in [-0.15, -0.1) is 0 Å². The standard InChI is InChI=1S/C23H20O5/c1-16(24)27-20-14-12-19(13-15-20)23(26)28-22(18-10-6-3-7-11-18)21(25)17-8-4-2-5-9-17/h2-15,21-22,25H,1H3. The Balaban J connectivity index is 1.83. The lowest BCUT2D eigenvalue weighted by atomic mass is 9.98. The molecular formula is C23H20O5. The summed E-state index contributed by atoms with van der Waals surface area (Å²) in [6, 6.07) is 24.2. The Morgan fingerprint density at radius 3 is 1.86 bits per heavy atom. The van der Waals surface area contributed by atoms with Crippen molar-refractivity contribution in [2.24, 2.45) is 0 Å². The van der Waals surface area contributed by atoms with Crippen molar-refractivity contribution in [3.8, 4) is 5.75 Å². The van der Waals surface area contributed by atoms with Gasteiger partial charge in [-0.05, 0) is 35.4 Å². The van der Waals surface area contributed by atoms with Crippen LogP contribution < -0.4 is 4.74 Å². The van der Waals surface area contributed by atoms with Crippen LogP contribution >= 0.6 is 0 Å². The van der Waals surface area contributed by atoms with Crippen LogP contribution in [0.3, 0.4) is 0 Å². The first kappa shape index (κ1) is 19.3. The van der Waals surface area contributed by atoms with Crippen LogP contribution in [0.1, 0.15) is 40.6 Å². The highest BCUT2D eigenvalue weighted by molar-refractivity contribution is 5.89. The molecule has 0 aromatic heterocycles. The highest BCUT2D eigenvalue weighted by Gasteiger charge is 2.27. The molecule has 5 nitrogen and oxygen atoms in total. The molecule has 2 atom stereocenters. The van der Waals surface area contributed by atoms with E-state index in [9.17, 15) is 14.7 Å². The summed E-state index contributed by atoms with van der Waals surface area (Å²) in [5.74, 6) is -0.684. The average molecular weight is 376 g/mol. The van der Waals surface area contributed by atoms with E-state index < -0.39 is 24.1 Å². The third kappa shape index (κ3) is 4.84. The van der Waals surface area contributed by atoms with E-state index in [1.54, 1.807) is 24.3 Å². The zero-order valence-electron chi connectivity index (χ0n) is 15.3. The van der Waals surface area contributed by atoms with Gasteiger partial charge >= 0.3 is 11.9 Å². The number of benzene rings is 3. The van der Waals surface area contributed by atoms with Gasteiger partial charge < -0.3 is 14.6 Å². The van der Waals surface area contributed by atoms with Crippen LogP contribution in [-0.2, 0) is 9.53 Å². The summed E-state index contributed by atoms with van der Waals surface area (Å²) in [4.78, 5) is 23.7. The van der Waals surface area contributed by atoms with Crippen molar-refractivity contribution in [1.29, 1.82) is 0 Å². The van der Waals surface area contributed by atoms with Crippen molar-refractivity contribution in [1.82, 2.24) is 0 Å². The number of hydrogen-bond donors (Lipinski definition) is 1. The summed E-state index contributed by atoms with van der Waals surface area (Å²) >= 11 is 0. The maximum atomic E-state index is 12.7. The van der Waals surface area contributed by atoms with Gasteiger partial charge in [-0.25, -0.2) is 4.79 Å². The van der Waals surface area contributed by atoms with Gasteiger partial charge in [-0.2, -0.15) is 0 Å². The second kappa shape index (κ2) is 8.97. The number of aliphatic hydroxyl groups is 1. The molecule has 2 unspecified atom stereocenters. The van der Waals surface area contributed by atoms with E-state index in [0.717, 1.165) is 0 Å². The van der Waals surface area contributed by atoms with E-state index in [4.69, 9.17) is 9.47 Å². The van der Waals surface area contributed by atoms with Gasteiger partial charge in [-0.3, -0.25) is 4.79 Å². The lowest BCUT2D eigenvalue weighted by Gasteiger charge is -2.24. The molecule has 142 valence electrons. The summed E-state index contributed by atoms with van der Waals surface area (Å²) in [6.45, 7) is 1.30. The van der Waals surface area contributed by atoms with Crippen molar-refractivity contribution in [2.45, 2.75) is 19.1 Å². The molecule has 0 radical (unpaired) electrons. The Morgan fingerprint density at radius 2 is 1.32 bits per heavy atom. The normalized spacial score (nSPS) is 12.6. The first-order valence-corrected chi connectivity index (χ1v) is 8.82. The first-order valence-electron chi connectivity index (χ1n) is 8.82. The SMILES string of the molecule is CC(=O)Oc1ccc(C(=O)OC(c2ccccc2)C(O)c2ccccc2)cc1. The predicted octanol–water partition coefficient (Wildman–Crippen LogP) is 4.24. The molecule has 0 amide bonds. The van der Waals surface area contributed by atoms with E-state index in [1.807, 2.05) is 36.4 Å². The largest absolute Gasteiger partial charge is 0.451 e. The summed E-state index contributed by atoms with van der Waals surface area (Å²) in [7, 11) is 0. The molecule has 3 rings (SSSR count). The Labute approximate surface area is 163 Å². The fourth-order valence-electron chi connectivity index (χ4n) is 2.79. The monoisotopic (exact) mass is 376 g/mol. The molecule has 0 heterocycles. The summed E-state index contributed by atoms with van der Waals surface area (Å²) in [5.41, 5.74) is 1.62. The van der Waals surface area contributed by atoms with Crippen LogP contribution in [0.5, 0.6) is 5.75 Å². The van der Waals surface area contributed by atoms with Crippen molar-refractivity contribution in [3.63, 3.8) is 0 Å². The maximum Gasteiger partial charge on any atom is 0.338 e. The number of esters is 2. The minimum Gasteiger partial charge on any atom is -0.451 e. The molecule has 3 aromatic carbocycles. The van der Waals surface area contributed by atoms with Gasteiger partial charge in [0, 0.05) is 6.92 Å². The van der Waals surface area contributed by atoms with Crippen LogP contribution in [0.4, 0.5) is 0 Å². The quantitative estimate of drug-likeness (QED) is 0.514. The Hall–Kier alpha value is -3.44. The second-order valence-electron chi connectivity index (χ2n) is 6.21. The lowest BCUT2D eigenvalue weighted by Crippen LogP contribution is -2.18. The fraction of sp³-hybridized carbons (Fsp3) is 0.130. The van der Waals surface area contributed by atoms with Crippen LogP contribution in [0.25, 0.3) is 0 Å². The van der Waals surface area contributed by atoms with E-state index >= 15 is 0 Å². The highest BCUT2D eigenvalue weighted by Crippen LogP contribution is 2.33. The number of rotatable bonds is 6. The van der Waals surface area contributed by atoms with E-state index in [-0.39, 0.29) is 5.56 Å². The molecule has 1 N–H and O–H groups in total. The van der Waals surface area contributed by atoms with Crippen LogP contribution in [0, 0.1) is 0 Å². The molecule has 0 bridgehead atoms. The predicted molar refractivity (Wildman–Crippen MR) is 104 cm³/mol. The second-order valence-corrected chi connectivity index (χ2v) is 6.21. The van der Waals surface area contributed by atoms with Crippen molar-refractivity contribution < 1.29 is 24.2 Å². The van der Waals surface area contributed by atoms with Crippen molar-refractivity contribution in [3.05, 3.63) is 102 Å². The number of aliphatic hydroxyl groups excluding tert-OH is 1. The Bertz CT molecular complexity index is 920. The molecule has 0 saturated carbocycles. The molecule has 0 aliphatic rings. The maximum absolute atomic E-state index is 12.7. The Morgan fingerprint density at radius 1 is 0.786 bits per heavy atom. The molecule has 0 saturated heterocycles. The molecule has 0 spiro atoms. The summed E-state index contributed by atoms with van der Waals surface area (Å²) < 4.78 is 10.6. The van der Waals surface area contributed by atoms with Gasteiger partial charge in [0.05, 0.1) is 5.56 Å². The lowest BCUT2D eigenvalue weighted by molar-refractivity contribution is -0.131. The van der Waals surface area contributed by atoms with E-state index in [0.29, 0.717) is 16.9 Å². The topological polar surface area (TPSA) is 72.8 Å². The van der Waals surface area contributed by atoms with E-state index in [2.05, 4.69) is 0 Å². The number of carbonyl (C=O) groups excluding carboxylic acids is 2. The third-order valence-electron chi connectivity index (χ3n) is 4.14. The summed E-state index contributed by atoms with van der Waals surface area (Å²) in [6.07, 6.45) is -1.89. The molecular weight excluding hydrogens is 356 g/mol.